The maximum absolute atomic E-state index is 12.0. The van der Waals surface area contributed by atoms with Crippen molar-refractivity contribution in [2.45, 2.75) is 39.5 Å². The summed E-state index contributed by atoms with van der Waals surface area (Å²) in [6, 6.07) is 0. The number of phosphoric ester groups is 1. The summed E-state index contributed by atoms with van der Waals surface area (Å²) in [7, 11) is -5.60. The molecule has 0 aromatic heterocycles. The molecule has 0 radical (unpaired) electrons. The van der Waals surface area contributed by atoms with Crippen LogP contribution in [0.3, 0.4) is 0 Å². The molecular formula is C12H27O6P. The highest BCUT2D eigenvalue weighted by atomic mass is 31.2. The minimum atomic E-state index is -5.60. The first-order chi connectivity index (χ1) is 12.0. The van der Waals surface area contributed by atoms with Gasteiger partial charge in [0.15, 0.2) is 0 Å². The van der Waals surface area contributed by atoms with Gasteiger partial charge in [-0.25, -0.2) is 4.57 Å². The first-order valence-electron chi connectivity index (χ1n) is 10.1. The van der Waals surface area contributed by atoms with Crippen molar-refractivity contribution in [3.8, 4) is 0 Å². The number of unbranched alkanes of at least 4 members (excludes halogenated alkanes) is 2. The first-order valence-corrected chi connectivity index (χ1v) is 7.55. The molecule has 0 spiro atoms. The summed E-state index contributed by atoms with van der Waals surface area (Å²) in [4.78, 5) is 9.64. The van der Waals surface area contributed by atoms with Gasteiger partial charge < -0.3 is 14.4 Å². The van der Waals surface area contributed by atoms with Crippen LogP contribution < -0.4 is 0 Å². The summed E-state index contributed by atoms with van der Waals surface area (Å²) < 4.78 is 89.7. The van der Waals surface area contributed by atoms with Crippen molar-refractivity contribution in [2.75, 3.05) is 39.4 Å². The van der Waals surface area contributed by atoms with Crippen LogP contribution in [0.15, 0.2) is 0 Å². The van der Waals surface area contributed by atoms with E-state index in [0.29, 0.717) is 25.7 Å². The van der Waals surface area contributed by atoms with Gasteiger partial charge in [0, 0.05) is 13.2 Å². The quantitative estimate of drug-likeness (QED) is 0.393. The molecule has 0 bridgehead atoms. The number of ether oxygens (including phenoxy) is 2. The van der Waals surface area contributed by atoms with Gasteiger partial charge in [0.05, 0.1) is 37.2 Å². The summed E-state index contributed by atoms with van der Waals surface area (Å²) >= 11 is 0. The van der Waals surface area contributed by atoms with Crippen LogP contribution in [0.25, 0.3) is 0 Å². The zero-order chi connectivity index (χ0) is 21.6. The lowest BCUT2D eigenvalue weighted by molar-refractivity contribution is 0.0569. The molecule has 0 aromatic rings. The van der Waals surface area contributed by atoms with Crippen molar-refractivity contribution >= 4 is 7.82 Å². The third-order valence-corrected chi connectivity index (χ3v) is 2.39. The van der Waals surface area contributed by atoms with Gasteiger partial charge in [-0.05, 0) is 12.8 Å². The highest BCUT2D eigenvalue weighted by molar-refractivity contribution is 7.47. The van der Waals surface area contributed by atoms with Gasteiger partial charge in [0.25, 0.3) is 0 Å². The zero-order valence-electron chi connectivity index (χ0n) is 19.2. The minimum Gasteiger partial charge on any atom is -0.379 e. The van der Waals surface area contributed by atoms with E-state index in [1.54, 1.807) is 13.8 Å². The van der Waals surface area contributed by atoms with Crippen molar-refractivity contribution in [2.24, 2.45) is 0 Å². The molecule has 0 aromatic carbocycles. The summed E-state index contributed by atoms with van der Waals surface area (Å²) in [6.45, 7) is -10.1. The van der Waals surface area contributed by atoms with E-state index in [1.165, 1.54) is 0 Å². The molecule has 7 heteroatoms. The van der Waals surface area contributed by atoms with E-state index in [0.717, 1.165) is 0 Å². The van der Waals surface area contributed by atoms with E-state index in [9.17, 15) is 9.46 Å². The van der Waals surface area contributed by atoms with E-state index in [-0.39, 0.29) is 13.2 Å². The van der Waals surface area contributed by atoms with Crippen LogP contribution in [0.2, 0.25) is 0 Å². The number of hydrogen-bond donors (Lipinski definition) is 1. The summed E-state index contributed by atoms with van der Waals surface area (Å²) in [5, 5.41) is 0. The molecule has 0 amide bonds. The Balaban J connectivity index is 5.15. The van der Waals surface area contributed by atoms with Crippen LogP contribution in [0.1, 0.15) is 50.5 Å². The lowest BCUT2D eigenvalue weighted by Gasteiger charge is -2.12. The first kappa shape index (κ1) is 9.13. The average molecular weight is 306 g/mol. The van der Waals surface area contributed by atoms with Gasteiger partial charge in [-0.2, -0.15) is 0 Å². The maximum Gasteiger partial charge on any atom is 0.472 e. The molecule has 6 nitrogen and oxygen atoms in total. The van der Waals surface area contributed by atoms with Crippen LogP contribution in [-0.2, 0) is 23.1 Å². The average Bonchev–Trinajstić information content (AvgIpc) is 2.44. The van der Waals surface area contributed by atoms with Gasteiger partial charge in [-0.3, -0.25) is 9.05 Å². The van der Waals surface area contributed by atoms with E-state index < -0.39 is 34.1 Å². The van der Waals surface area contributed by atoms with Crippen LogP contribution >= 0.6 is 7.82 Å². The Bertz CT molecular complexity index is 464. The zero-order valence-corrected chi connectivity index (χ0v) is 12.1. The Morgan fingerprint density at radius 2 is 1.37 bits per heavy atom. The molecule has 116 valence electrons. The van der Waals surface area contributed by atoms with Crippen LogP contribution in [0, 0.1) is 0 Å². The van der Waals surface area contributed by atoms with Crippen molar-refractivity contribution < 1.29 is 38.9 Å². The van der Waals surface area contributed by atoms with Crippen LogP contribution in [0.4, 0.5) is 0 Å². The van der Waals surface area contributed by atoms with Gasteiger partial charge in [0.2, 0.25) is 0 Å². The standard InChI is InChI=1S/C12H27O6P/c1-3-5-7-15-9-11-17-19(13,14)18-12-10-16-8-6-4-2/h3-12H2,1-2H3,(H,13,14)/i9D2,10D2,11D2,12D2. The van der Waals surface area contributed by atoms with Crippen molar-refractivity contribution in [3.63, 3.8) is 0 Å². The molecule has 19 heavy (non-hydrogen) atoms. The van der Waals surface area contributed by atoms with Crippen molar-refractivity contribution in [1.82, 2.24) is 0 Å². The lowest BCUT2D eigenvalue weighted by Crippen LogP contribution is -2.08. The van der Waals surface area contributed by atoms with Crippen molar-refractivity contribution in [3.05, 3.63) is 0 Å². The van der Waals surface area contributed by atoms with Gasteiger partial charge in [0.1, 0.15) is 0 Å². The highest BCUT2D eigenvalue weighted by Gasteiger charge is 2.20. The van der Waals surface area contributed by atoms with Crippen molar-refractivity contribution in [1.29, 1.82) is 0 Å². The Hall–Kier alpha value is 0.0300. The molecule has 0 saturated carbocycles. The molecule has 0 aliphatic carbocycles. The van der Waals surface area contributed by atoms with Crippen LogP contribution in [-0.4, -0.2) is 44.3 Å². The fourth-order valence-electron chi connectivity index (χ4n) is 0.765. The fraction of sp³-hybridized carbons (Fsp3) is 1.00. The second-order valence-electron chi connectivity index (χ2n) is 3.46. The van der Waals surface area contributed by atoms with Gasteiger partial charge in [-0.1, -0.05) is 26.7 Å². The topological polar surface area (TPSA) is 74.2 Å². The van der Waals surface area contributed by atoms with E-state index >= 15 is 0 Å². The molecule has 0 heterocycles. The minimum absolute atomic E-state index is 0.183. The fourth-order valence-corrected chi connectivity index (χ4v) is 1.11. The third-order valence-electron chi connectivity index (χ3n) is 1.75. The highest BCUT2D eigenvalue weighted by Crippen LogP contribution is 2.42. The summed E-state index contributed by atoms with van der Waals surface area (Å²) in [5.74, 6) is 0. The second kappa shape index (κ2) is 13.0. The summed E-state index contributed by atoms with van der Waals surface area (Å²) in [5.41, 5.74) is 0. The Labute approximate surface area is 127 Å². The maximum atomic E-state index is 12.0. The normalized spacial score (nSPS) is 21.2. The van der Waals surface area contributed by atoms with Gasteiger partial charge >= 0.3 is 7.82 Å². The SMILES string of the molecule is [2H]C([2H])(OCCCC)C([2H])([2H])OP(=O)(O)OC([2H])([2H])C([2H])([2H])OCCCC. The number of rotatable bonds is 14. The summed E-state index contributed by atoms with van der Waals surface area (Å²) in [6.07, 6.45) is 2.07. The van der Waals surface area contributed by atoms with E-state index in [4.69, 9.17) is 20.4 Å². The molecule has 0 atom stereocenters. The van der Waals surface area contributed by atoms with E-state index in [1.807, 2.05) is 0 Å². The lowest BCUT2D eigenvalue weighted by atomic mass is 10.4. The predicted molar refractivity (Wildman–Crippen MR) is 73.2 cm³/mol. The molecule has 0 saturated heterocycles. The molecule has 0 fully saturated rings. The third kappa shape index (κ3) is 14.3. The number of phosphoric acid groups is 1. The predicted octanol–water partition coefficient (Wildman–Crippen LogP) is 2.75. The van der Waals surface area contributed by atoms with Crippen LogP contribution in [0.5, 0.6) is 0 Å². The molecule has 0 unspecified atom stereocenters. The molecule has 0 rings (SSSR count). The van der Waals surface area contributed by atoms with Gasteiger partial charge in [-0.15, -0.1) is 0 Å². The number of hydrogen-bond acceptors (Lipinski definition) is 5. The monoisotopic (exact) mass is 306 g/mol. The second-order valence-corrected chi connectivity index (χ2v) is 4.77. The Morgan fingerprint density at radius 1 is 0.947 bits per heavy atom. The smallest absolute Gasteiger partial charge is 0.379 e. The van der Waals surface area contributed by atoms with E-state index in [2.05, 4.69) is 9.05 Å². The molecule has 0 aliphatic heterocycles. The Morgan fingerprint density at radius 3 is 1.74 bits per heavy atom. The molecular weight excluding hydrogens is 271 g/mol. The molecule has 1 N–H and O–H groups in total. The largest absolute Gasteiger partial charge is 0.472 e. The Kier molecular flexibility index (Phi) is 6.26. The molecule has 0 aliphatic rings.